The van der Waals surface area contributed by atoms with Crippen LogP contribution in [0.1, 0.15) is 19.5 Å². The predicted octanol–water partition coefficient (Wildman–Crippen LogP) is 1.48. The van der Waals surface area contributed by atoms with E-state index in [1.165, 1.54) is 6.20 Å². The molecule has 0 aromatic carbocycles. The van der Waals surface area contributed by atoms with Gasteiger partial charge in [-0.3, -0.25) is 10.3 Å². The molecule has 0 unspecified atom stereocenters. The summed E-state index contributed by atoms with van der Waals surface area (Å²) in [6.07, 6.45) is 0.738. The van der Waals surface area contributed by atoms with Gasteiger partial charge in [-0.2, -0.15) is 0 Å². The van der Waals surface area contributed by atoms with Crippen LogP contribution in [-0.2, 0) is 6.42 Å². The first-order valence-corrected chi connectivity index (χ1v) is 4.54. The minimum Gasteiger partial charge on any atom is -0.465 e. The quantitative estimate of drug-likeness (QED) is 0.705. The van der Waals surface area contributed by atoms with Gasteiger partial charge in [-0.25, -0.2) is 4.79 Å². The maximum atomic E-state index is 10.3. The molecule has 0 saturated heterocycles. The Balaban J connectivity index is 2.68. The summed E-state index contributed by atoms with van der Waals surface area (Å²) in [6, 6.07) is 3.30. The number of aromatic nitrogens is 1. The summed E-state index contributed by atoms with van der Waals surface area (Å²) >= 11 is 0. The molecule has 1 heterocycles. The number of hydrogen-bond acceptors (Lipinski definition) is 3. The third-order valence-corrected chi connectivity index (χ3v) is 1.69. The van der Waals surface area contributed by atoms with Gasteiger partial charge in [-0.1, -0.05) is 0 Å². The molecule has 0 atom stereocenters. The van der Waals surface area contributed by atoms with Gasteiger partial charge in [0.2, 0.25) is 0 Å². The molecule has 5 heteroatoms. The van der Waals surface area contributed by atoms with Crippen LogP contribution in [0.15, 0.2) is 18.3 Å². The number of rotatable bonds is 3. The van der Waals surface area contributed by atoms with Crippen LogP contribution in [0.4, 0.5) is 10.5 Å². The first-order valence-electron chi connectivity index (χ1n) is 4.54. The highest BCUT2D eigenvalue weighted by molar-refractivity contribution is 5.82. The minimum absolute atomic E-state index is 0.419. The molecule has 1 aromatic rings. The molecule has 15 heavy (non-hydrogen) atoms. The Morgan fingerprint density at radius 2 is 2.20 bits per heavy atom. The summed E-state index contributed by atoms with van der Waals surface area (Å²) in [5, 5.41) is 20.2. The molecule has 0 saturated carbocycles. The molecule has 0 radical (unpaired) electrons. The lowest BCUT2D eigenvalue weighted by molar-refractivity contribution is 0.0799. The molecule has 0 bridgehead atoms. The van der Waals surface area contributed by atoms with E-state index in [1.54, 1.807) is 26.0 Å². The van der Waals surface area contributed by atoms with E-state index in [4.69, 9.17) is 5.11 Å². The molecule has 0 fully saturated rings. The second-order valence-electron chi connectivity index (χ2n) is 3.96. The largest absolute Gasteiger partial charge is 0.465 e. The van der Waals surface area contributed by atoms with Gasteiger partial charge in [0.15, 0.2) is 0 Å². The monoisotopic (exact) mass is 210 g/mol. The number of carboxylic acid groups (broad SMARTS) is 1. The Bertz CT molecular complexity index is 341. The fourth-order valence-corrected chi connectivity index (χ4v) is 1.17. The van der Waals surface area contributed by atoms with E-state index in [1.807, 2.05) is 0 Å². The molecule has 1 rings (SSSR count). The molecule has 5 nitrogen and oxygen atoms in total. The lowest BCUT2D eigenvalue weighted by atomic mass is 10.0. The van der Waals surface area contributed by atoms with Gasteiger partial charge in [-0.15, -0.1) is 0 Å². The Morgan fingerprint density at radius 3 is 2.60 bits per heavy atom. The summed E-state index contributed by atoms with van der Waals surface area (Å²) < 4.78 is 0. The zero-order valence-corrected chi connectivity index (χ0v) is 8.69. The third kappa shape index (κ3) is 4.42. The molecule has 82 valence electrons. The minimum atomic E-state index is -1.12. The highest BCUT2D eigenvalue weighted by Crippen LogP contribution is 2.12. The normalized spacial score (nSPS) is 11.1. The zero-order valence-electron chi connectivity index (χ0n) is 8.69. The SMILES string of the molecule is CC(C)(O)Cc1ccc(NC(=O)O)cn1. The number of nitrogens with zero attached hydrogens (tertiary/aromatic N) is 1. The van der Waals surface area contributed by atoms with E-state index in [0.717, 1.165) is 5.69 Å². The van der Waals surface area contributed by atoms with Crippen molar-refractivity contribution in [1.29, 1.82) is 0 Å². The Kier molecular flexibility index (Phi) is 3.26. The van der Waals surface area contributed by atoms with Crippen LogP contribution in [0.2, 0.25) is 0 Å². The van der Waals surface area contributed by atoms with Gasteiger partial charge in [0.05, 0.1) is 17.5 Å². The number of aliphatic hydroxyl groups is 1. The lowest BCUT2D eigenvalue weighted by Gasteiger charge is -2.16. The van der Waals surface area contributed by atoms with Gasteiger partial charge in [0.1, 0.15) is 0 Å². The smallest absolute Gasteiger partial charge is 0.409 e. The van der Waals surface area contributed by atoms with Crippen molar-refractivity contribution in [3.8, 4) is 0 Å². The summed E-state index contributed by atoms with van der Waals surface area (Å²) in [6.45, 7) is 3.39. The van der Waals surface area contributed by atoms with Crippen molar-refractivity contribution in [3.05, 3.63) is 24.0 Å². The van der Waals surface area contributed by atoms with Crippen LogP contribution in [-0.4, -0.2) is 26.9 Å². The molecule has 0 aliphatic rings. The van der Waals surface area contributed by atoms with Crippen LogP contribution in [0.5, 0.6) is 0 Å². The summed E-state index contributed by atoms with van der Waals surface area (Å²) in [7, 11) is 0. The van der Waals surface area contributed by atoms with Gasteiger partial charge in [0, 0.05) is 12.1 Å². The van der Waals surface area contributed by atoms with Crippen LogP contribution >= 0.6 is 0 Å². The van der Waals surface area contributed by atoms with E-state index in [0.29, 0.717) is 12.1 Å². The molecule has 0 aliphatic carbocycles. The second-order valence-corrected chi connectivity index (χ2v) is 3.96. The van der Waals surface area contributed by atoms with Crippen LogP contribution in [0.3, 0.4) is 0 Å². The summed E-state index contributed by atoms with van der Waals surface area (Å²) in [4.78, 5) is 14.3. The first-order chi connectivity index (χ1) is 6.87. The summed E-state index contributed by atoms with van der Waals surface area (Å²) in [5.74, 6) is 0. The van der Waals surface area contributed by atoms with Crippen molar-refractivity contribution in [3.63, 3.8) is 0 Å². The molecule has 3 N–H and O–H groups in total. The number of nitrogens with one attached hydrogen (secondary N) is 1. The Hall–Kier alpha value is -1.62. The predicted molar refractivity (Wildman–Crippen MR) is 55.9 cm³/mol. The van der Waals surface area contributed by atoms with Crippen LogP contribution < -0.4 is 5.32 Å². The molecule has 0 aliphatic heterocycles. The average molecular weight is 210 g/mol. The van der Waals surface area contributed by atoms with E-state index >= 15 is 0 Å². The third-order valence-electron chi connectivity index (χ3n) is 1.69. The van der Waals surface area contributed by atoms with Crippen LogP contribution in [0, 0.1) is 0 Å². The topological polar surface area (TPSA) is 82.5 Å². The molecule has 0 spiro atoms. The van der Waals surface area contributed by atoms with Crippen LogP contribution in [0.25, 0.3) is 0 Å². The molecule has 1 aromatic heterocycles. The van der Waals surface area contributed by atoms with E-state index in [-0.39, 0.29) is 0 Å². The van der Waals surface area contributed by atoms with E-state index < -0.39 is 11.7 Å². The molecular formula is C10H14N2O3. The molecular weight excluding hydrogens is 196 g/mol. The average Bonchev–Trinajstić information content (AvgIpc) is 2.05. The fourth-order valence-electron chi connectivity index (χ4n) is 1.17. The molecule has 1 amide bonds. The number of pyridine rings is 1. The van der Waals surface area contributed by atoms with Crippen molar-refractivity contribution < 1.29 is 15.0 Å². The standard InChI is InChI=1S/C10H14N2O3/c1-10(2,15)5-7-3-4-8(6-11-7)12-9(13)14/h3-4,6,12,15H,5H2,1-2H3,(H,13,14). The first kappa shape index (κ1) is 11.5. The highest BCUT2D eigenvalue weighted by Gasteiger charge is 2.14. The number of carbonyl (C=O) groups is 1. The van der Waals surface area contributed by atoms with Crippen molar-refractivity contribution in [2.24, 2.45) is 0 Å². The van der Waals surface area contributed by atoms with E-state index in [2.05, 4.69) is 10.3 Å². The fraction of sp³-hybridized carbons (Fsp3) is 0.400. The second kappa shape index (κ2) is 4.27. The van der Waals surface area contributed by atoms with Crippen molar-refractivity contribution in [2.75, 3.05) is 5.32 Å². The van der Waals surface area contributed by atoms with Gasteiger partial charge in [-0.05, 0) is 26.0 Å². The van der Waals surface area contributed by atoms with Gasteiger partial charge >= 0.3 is 6.09 Å². The van der Waals surface area contributed by atoms with Gasteiger partial charge < -0.3 is 10.2 Å². The maximum Gasteiger partial charge on any atom is 0.409 e. The Labute approximate surface area is 87.8 Å². The number of anilines is 1. The van der Waals surface area contributed by atoms with Crippen molar-refractivity contribution in [1.82, 2.24) is 4.98 Å². The van der Waals surface area contributed by atoms with Gasteiger partial charge in [0.25, 0.3) is 0 Å². The van der Waals surface area contributed by atoms with E-state index in [9.17, 15) is 9.90 Å². The number of hydrogen-bond donors (Lipinski definition) is 3. The zero-order chi connectivity index (χ0) is 11.5. The lowest BCUT2D eigenvalue weighted by Crippen LogP contribution is -2.22. The number of amides is 1. The Morgan fingerprint density at radius 1 is 1.53 bits per heavy atom. The maximum absolute atomic E-state index is 10.3. The summed E-state index contributed by atoms with van der Waals surface area (Å²) in [5.41, 5.74) is 0.329. The highest BCUT2D eigenvalue weighted by atomic mass is 16.4. The van der Waals surface area contributed by atoms with Crippen molar-refractivity contribution >= 4 is 11.8 Å². The van der Waals surface area contributed by atoms with Crippen molar-refractivity contribution in [2.45, 2.75) is 25.9 Å².